The Bertz CT molecular complexity index is 747. The maximum Gasteiger partial charge on any atom is 0.255 e. The first kappa shape index (κ1) is 18.4. The number of carbonyl (C=O) groups is 1. The van der Waals surface area contributed by atoms with E-state index in [1.807, 2.05) is 37.3 Å². The zero-order valence-corrected chi connectivity index (χ0v) is 14.2. The second-order valence-electron chi connectivity index (χ2n) is 5.46. The Balaban J connectivity index is 1.88. The summed E-state index contributed by atoms with van der Waals surface area (Å²) in [7, 11) is 0. The van der Waals surface area contributed by atoms with Crippen LogP contribution in [0.3, 0.4) is 0 Å². The molecule has 132 valence electrons. The van der Waals surface area contributed by atoms with Crippen molar-refractivity contribution in [1.29, 1.82) is 0 Å². The highest BCUT2D eigenvalue weighted by Crippen LogP contribution is 2.14. The maximum atomic E-state index is 12.9. The van der Waals surface area contributed by atoms with E-state index in [4.69, 9.17) is 10.5 Å². The van der Waals surface area contributed by atoms with E-state index in [1.165, 1.54) is 6.07 Å². The molecule has 0 saturated heterocycles. The summed E-state index contributed by atoms with van der Waals surface area (Å²) < 4.78 is 18.6. The SMILES string of the molecule is C/C=C/CCCOc1cccc(CNC(=O)c2ccc(F)nc2N)c1. The molecule has 2 aromatic rings. The van der Waals surface area contributed by atoms with Crippen LogP contribution in [0.4, 0.5) is 10.2 Å². The molecule has 6 heteroatoms. The minimum atomic E-state index is -0.715. The molecular formula is C19H22FN3O2. The minimum absolute atomic E-state index is 0.129. The number of nitrogens with zero attached hydrogens (tertiary/aromatic N) is 1. The van der Waals surface area contributed by atoms with Gasteiger partial charge in [0, 0.05) is 6.54 Å². The van der Waals surface area contributed by atoms with Crippen molar-refractivity contribution in [3.05, 3.63) is 65.6 Å². The fourth-order valence-electron chi connectivity index (χ4n) is 2.22. The van der Waals surface area contributed by atoms with Crippen LogP contribution in [0.15, 0.2) is 48.6 Å². The van der Waals surface area contributed by atoms with Gasteiger partial charge in [0.25, 0.3) is 5.91 Å². The molecule has 0 unspecified atom stereocenters. The molecule has 0 aliphatic heterocycles. The Morgan fingerprint density at radius 1 is 1.36 bits per heavy atom. The van der Waals surface area contributed by atoms with E-state index in [1.54, 1.807) is 0 Å². The van der Waals surface area contributed by atoms with Gasteiger partial charge in [0.1, 0.15) is 11.6 Å². The highest BCUT2D eigenvalue weighted by molar-refractivity contribution is 5.98. The predicted molar refractivity (Wildman–Crippen MR) is 95.8 cm³/mol. The van der Waals surface area contributed by atoms with Gasteiger partial charge in [0.15, 0.2) is 0 Å². The summed E-state index contributed by atoms with van der Waals surface area (Å²) in [6.45, 7) is 2.94. The van der Waals surface area contributed by atoms with Crippen molar-refractivity contribution in [3.8, 4) is 5.75 Å². The number of nitrogen functional groups attached to an aromatic ring is 1. The first-order valence-corrected chi connectivity index (χ1v) is 8.13. The van der Waals surface area contributed by atoms with Gasteiger partial charge in [-0.25, -0.2) is 4.98 Å². The molecule has 3 N–H and O–H groups in total. The van der Waals surface area contributed by atoms with E-state index >= 15 is 0 Å². The lowest BCUT2D eigenvalue weighted by Gasteiger charge is -2.09. The molecule has 0 aliphatic carbocycles. The highest BCUT2D eigenvalue weighted by Gasteiger charge is 2.11. The fraction of sp³-hybridized carbons (Fsp3) is 0.263. The smallest absolute Gasteiger partial charge is 0.255 e. The summed E-state index contributed by atoms with van der Waals surface area (Å²) >= 11 is 0. The van der Waals surface area contributed by atoms with Crippen molar-refractivity contribution < 1.29 is 13.9 Å². The molecule has 0 spiro atoms. The summed E-state index contributed by atoms with van der Waals surface area (Å²) in [5.41, 5.74) is 6.62. The van der Waals surface area contributed by atoms with Gasteiger partial charge in [-0.2, -0.15) is 4.39 Å². The van der Waals surface area contributed by atoms with Crippen molar-refractivity contribution in [1.82, 2.24) is 10.3 Å². The number of amides is 1. The number of anilines is 1. The lowest BCUT2D eigenvalue weighted by atomic mass is 10.2. The number of nitrogens with one attached hydrogen (secondary N) is 1. The standard InChI is InChI=1S/C19H22FN3O2/c1-2-3-4-5-11-25-15-8-6-7-14(12-15)13-22-19(24)16-9-10-17(20)23-18(16)21/h2-3,6-10,12H,4-5,11,13H2,1H3,(H2,21,23)(H,22,24)/b3-2+. The van der Waals surface area contributed by atoms with Crippen molar-refractivity contribution in [2.45, 2.75) is 26.3 Å². The van der Waals surface area contributed by atoms with Gasteiger partial charge in [-0.15, -0.1) is 0 Å². The summed E-state index contributed by atoms with van der Waals surface area (Å²) in [5, 5.41) is 2.74. The Kier molecular flexibility index (Phi) is 6.95. The second kappa shape index (κ2) is 9.42. The van der Waals surface area contributed by atoms with E-state index in [9.17, 15) is 9.18 Å². The van der Waals surface area contributed by atoms with E-state index in [2.05, 4.69) is 16.4 Å². The van der Waals surface area contributed by atoms with E-state index in [0.29, 0.717) is 13.2 Å². The van der Waals surface area contributed by atoms with E-state index < -0.39 is 11.9 Å². The third-order valence-corrected chi connectivity index (χ3v) is 3.51. The minimum Gasteiger partial charge on any atom is -0.494 e. The summed E-state index contributed by atoms with van der Waals surface area (Å²) in [6.07, 6.45) is 6.06. The number of aromatic nitrogens is 1. The number of ether oxygens (including phenoxy) is 1. The lowest BCUT2D eigenvalue weighted by molar-refractivity contribution is 0.0951. The molecule has 2 rings (SSSR count). The topological polar surface area (TPSA) is 77.2 Å². The number of halogens is 1. The van der Waals surface area contributed by atoms with Gasteiger partial charge in [0.2, 0.25) is 5.95 Å². The molecule has 0 fully saturated rings. The zero-order valence-electron chi connectivity index (χ0n) is 14.2. The van der Waals surface area contributed by atoms with Gasteiger partial charge in [0.05, 0.1) is 12.2 Å². The van der Waals surface area contributed by atoms with Crippen LogP contribution in [-0.2, 0) is 6.54 Å². The third-order valence-electron chi connectivity index (χ3n) is 3.51. The largest absolute Gasteiger partial charge is 0.494 e. The van der Waals surface area contributed by atoms with Crippen LogP contribution in [0.5, 0.6) is 5.75 Å². The molecule has 0 aliphatic rings. The molecule has 25 heavy (non-hydrogen) atoms. The summed E-state index contributed by atoms with van der Waals surface area (Å²) in [6, 6.07) is 9.94. The van der Waals surface area contributed by atoms with Crippen molar-refractivity contribution in [2.75, 3.05) is 12.3 Å². The van der Waals surface area contributed by atoms with Crippen LogP contribution in [0.1, 0.15) is 35.7 Å². The lowest BCUT2D eigenvalue weighted by Crippen LogP contribution is -2.24. The van der Waals surface area contributed by atoms with E-state index in [-0.39, 0.29) is 11.4 Å². The average molecular weight is 343 g/mol. The zero-order chi connectivity index (χ0) is 18.1. The van der Waals surface area contributed by atoms with Gasteiger partial charge >= 0.3 is 0 Å². The summed E-state index contributed by atoms with van der Waals surface area (Å²) in [4.78, 5) is 15.6. The van der Waals surface area contributed by atoms with Crippen LogP contribution >= 0.6 is 0 Å². The number of hydrogen-bond acceptors (Lipinski definition) is 4. The van der Waals surface area contributed by atoms with Gasteiger partial charge in [-0.3, -0.25) is 4.79 Å². The molecule has 0 radical (unpaired) electrons. The van der Waals surface area contributed by atoms with Crippen LogP contribution in [0.2, 0.25) is 0 Å². The van der Waals surface area contributed by atoms with Crippen molar-refractivity contribution in [2.24, 2.45) is 0 Å². The quantitative estimate of drug-likeness (QED) is 0.437. The normalized spacial score (nSPS) is 10.8. The van der Waals surface area contributed by atoms with Gasteiger partial charge in [-0.05, 0) is 49.6 Å². The monoisotopic (exact) mass is 343 g/mol. The molecule has 1 heterocycles. The molecule has 0 saturated carbocycles. The Hall–Kier alpha value is -2.89. The van der Waals surface area contributed by atoms with Gasteiger partial charge < -0.3 is 15.8 Å². The molecule has 1 aromatic carbocycles. The maximum absolute atomic E-state index is 12.9. The number of hydrogen-bond donors (Lipinski definition) is 2. The number of pyridine rings is 1. The number of unbranched alkanes of at least 4 members (excludes halogenated alkanes) is 1. The Labute approximate surface area is 146 Å². The molecule has 0 atom stereocenters. The highest BCUT2D eigenvalue weighted by atomic mass is 19.1. The van der Waals surface area contributed by atoms with Crippen molar-refractivity contribution in [3.63, 3.8) is 0 Å². The van der Waals surface area contributed by atoms with E-state index in [0.717, 1.165) is 30.2 Å². The van der Waals surface area contributed by atoms with Crippen LogP contribution in [0, 0.1) is 5.95 Å². The molecule has 1 aromatic heterocycles. The first-order chi connectivity index (χ1) is 12.1. The fourth-order valence-corrected chi connectivity index (χ4v) is 2.22. The molecule has 5 nitrogen and oxygen atoms in total. The third kappa shape index (κ3) is 5.91. The van der Waals surface area contributed by atoms with Crippen LogP contribution in [0.25, 0.3) is 0 Å². The number of nitrogens with two attached hydrogens (primary N) is 1. The Morgan fingerprint density at radius 3 is 2.96 bits per heavy atom. The molecule has 0 bridgehead atoms. The van der Waals surface area contributed by atoms with Gasteiger partial charge in [-0.1, -0.05) is 24.3 Å². The average Bonchev–Trinajstić information content (AvgIpc) is 2.60. The molecule has 1 amide bonds. The number of carbonyl (C=O) groups excluding carboxylic acids is 1. The van der Waals surface area contributed by atoms with Crippen LogP contribution < -0.4 is 15.8 Å². The molecular weight excluding hydrogens is 321 g/mol. The van der Waals surface area contributed by atoms with Crippen molar-refractivity contribution >= 4 is 11.7 Å². The number of allylic oxidation sites excluding steroid dienone is 2. The predicted octanol–water partition coefficient (Wildman–Crippen LogP) is 3.47. The number of rotatable bonds is 8. The number of benzene rings is 1. The first-order valence-electron chi connectivity index (χ1n) is 8.13. The second-order valence-corrected chi connectivity index (χ2v) is 5.46. The van der Waals surface area contributed by atoms with Crippen LogP contribution in [-0.4, -0.2) is 17.5 Å². The summed E-state index contributed by atoms with van der Waals surface area (Å²) in [5.74, 6) is -0.484. The Morgan fingerprint density at radius 2 is 2.20 bits per heavy atom.